The van der Waals surface area contributed by atoms with Crippen molar-refractivity contribution in [1.82, 2.24) is 0 Å². The molecule has 0 spiro atoms. The van der Waals surface area contributed by atoms with Crippen LogP contribution in [0.2, 0.25) is 0 Å². The highest BCUT2D eigenvalue weighted by atomic mass is 32.2. The van der Waals surface area contributed by atoms with Gasteiger partial charge in [-0.25, -0.2) is 8.42 Å². The van der Waals surface area contributed by atoms with Crippen LogP contribution in [0.3, 0.4) is 0 Å². The Balaban J connectivity index is 5.00. The van der Waals surface area contributed by atoms with E-state index in [2.05, 4.69) is 0 Å². The minimum atomic E-state index is -3.15. The Kier molecular flexibility index (Phi) is 6.57. The van der Waals surface area contributed by atoms with Gasteiger partial charge in [-0.3, -0.25) is 0 Å². The normalized spacial score (nSPS) is 10.9. The molecule has 3 heteroatoms. The van der Waals surface area contributed by atoms with Gasteiger partial charge in [-0.2, -0.15) is 0 Å². The molecule has 0 aromatic carbocycles. The first kappa shape index (κ1) is 14.4. The molecule has 0 unspecified atom stereocenters. The lowest BCUT2D eigenvalue weighted by atomic mass is 10.2. The third-order valence-corrected chi connectivity index (χ3v) is 3.80. The molecule has 0 atom stereocenters. The first-order valence-corrected chi connectivity index (χ1v) is 7.23. The number of sulfone groups is 1. The molecule has 0 radical (unpaired) electrons. The molecule has 2 nitrogen and oxygen atoms in total. The monoisotopic (exact) mass is 230 g/mol. The molecule has 0 aromatic heterocycles. The Hall–Kier alpha value is -0.570. The van der Waals surface area contributed by atoms with Gasteiger partial charge < -0.3 is 0 Å². The van der Waals surface area contributed by atoms with Crippen molar-refractivity contribution < 1.29 is 8.42 Å². The fraction of sp³-hybridized carbons (Fsp3) is 0.667. The van der Waals surface area contributed by atoms with Crippen LogP contribution in [0.15, 0.2) is 22.0 Å². The van der Waals surface area contributed by atoms with Crippen LogP contribution in [-0.2, 0) is 9.84 Å². The Bertz CT molecular complexity index is 295. The second-order valence-electron chi connectivity index (χ2n) is 3.56. The quantitative estimate of drug-likeness (QED) is 0.695. The zero-order valence-corrected chi connectivity index (χ0v) is 11.0. The van der Waals surface area contributed by atoms with E-state index in [1.807, 2.05) is 27.7 Å². The van der Waals surface area contributed by atoms with E-state index in [-0.39, 0.29) is 0 Å². The summed E-state index contributed by atoms with van der Waals surface area (Å²) in [6, 6.07) is 0. The van der Waals surface area contributed by atoms with E-state index in [0.29, 0.717) is 0 Å². The topological polar surface area (TPSA) is 34.1 Å². The fourth-order valence-electron chi connectivity index (χ4n) is 1.33. The molecule has 0 heterocycles. The standard InChI is InChI=1S/C12H22O2S/c1-5-11(6-2)9-15(13,14)10-12(7-3)8-4/h9-10H,5-8H2,1-4H3. The smallest absolute Gasteiger partial charge is 0.192 e. The van der Waals surface area contributed by atoms with Gasteiger partial charge in [0, 0.05) is 10.8 Å². The average Bonchev–Trinajstić information content (AvgIpc) is 2.22. The summed E-state index contributed by atoms with van der Waals surface area (Å²) in [5.74, 6) is 0. The molecule has 0 aliphatic rings. The summed E-state index contributed by atoms with van der Waals surface area (Å²) >= 11 is 0. The van der Waals surface area contributed by atoms with Crippen LogP contribution in [0.4, 0.5) is 0 Å². The molecule has 0 saturated carbocycles. The maximum Gasteiger partial charge on any atom is 0.192 e. The molecular weight excluding hydrogens is 208 g/mol. The Morgan fingerprint density at radius 3 is 1.27 bits per heavy atom. The molecule has 0 bridgehead atoms. The highest BCUT2D eigenvalue weighted by Crippen LogP contribution is 2.14. The molecule has 0 fully saturated rings. The summed E-state index contributed by atoms with van der Waals surface area (Å²) in [7, 11) is -3.15. The Morgan fingerprint density at radius 1 is 0.800 bits per heavy atom. The predicted octanol–water partition coefficient (Wildman–Crippen LogP) is 3.81. The molecule has 0 rings (SSSR count). The summed E-state index contributed by atoms with van der Waals surface area (Å²) in [6.45, 7) is 7.93. The van der Waals surface area contributed by atoms with Gasteiger partial charge in [-0.1, -0.05) is 38.8 Å². The van der Waals surface area contributed by atoms with Crippen molar-refractivity contribution in [2.45, 2.75) is 53.4 Å². The largest absolute Gasteiger partial charge is 0.220 e. The van der Waals surface area contributed by atoms with Gasteiger partial charge in [0.15, 0.2) is 9.84 Å². The van der Waals surface area contributed by atoms with Crippen molar-refractivity contribution in [2.24, 2.45) is 0 Å². The van der Waals surface area contributed by atoms with Gasteiger partial charge >= 0.3 is 0 Å². The van der Waals surface area contributed by atoms with E-state index in [1.54, 1.807) is 0 Å². The molecule has 0 amide bonds. The maximum atomic E-state index is 11.7. The SMILES string of the molecule is CCC(=CS(=O)(=O)C=C(CC)CC)CC. The van der Waals surface area contributed by atoms with Gasteiger partial charge in [-0.15, -0.1) is 0 Å². The summed E-state index contributed by atoms with van der Waals surface area (Å²) in [6.07, 6.45) is 3.21. The van der Waals surface area contributed by atoms with Gasteiger partial charge in [0.2, 0.25) is 0 Å². The lowest BCUT2D eigenvalue weighted by molar-refractivity contribution is 0.611. The predicted molar refractivity (Wildman–Crippen MR) is 66.2 cm³/mol. The van der Waals surface area contributed by atoms with E-state index in [1.165, 1.54) is 10.8 Å². The number of rotatable bonds is 6. The number of allylic oxidation sites excluding steroid dienone is 2. The second-order valence-corrected chi connectivity index (χ2v) is 5.20. The van der Waals surface area contributed by atoms with Crippen molar-refractivity contribution >= 4 is 9.84 Å². The van der Waals surface area contributed by atoms with Crippen molar-refractivity contribution in [3.63, 3.8) is 0 Å². The summed E-state index contributed by atoms with van der Waals surface area (Å²) in [5, 5.41) is 2.83. The lowest BCUT2D eigenvalue weighted by Gasteiger charge is -2.01. The number of hydrogen-bond donors (Lipinski definition) is 0. The van der Waals surface area contributed by atoms with Crippen LogP contribution in [-0.4, -0.2) is 8.42 Å². The van der Waals surface area contributed by atoms with E-state index in [4.69, 9.17) is 0 Å². The first-order chi connectivity index (χ1) is 6.99. The molecule has 0 saturated heterocycles. The van der Waals surface area contributed by atoms with E-state index >= 15 is 0 Å². The van der Waals surface area contributed by atoms with E-state index in [0.717, 1.165) is 36.8 Å². The zero-order valence-electron chi connectivity index (χ0n) is 10.2. The Labute approximate surface area is 94.0 Å². The molecule has 0 aliphatic heterocycles. The van der Waals surface area contributed by atoms with Crippen LogP contribution in [0.25, 0.3) is 0 Å². The van der Waals surface area contributed by atoms with Gasteiger partial charge in [0.05, 0.1) is 0 Å². The summed E-state index contributed by atoms with van der Waals surface area (Å²) < 4.78 is 23.5. The summed E-state index contributed by atoms with van der Waals surface area (Å²) in [4.78, 5) is 0. The zero-order chi connectivity index (χ0) is 11.9. The van der Waals surface area contributed by atoms with Crippen molar-refractivity contribution in [3.8, 4) is 0 Å². The van der Waals surface area contributed by atoms with Crippen LogP contribution in [0, 0.1) is 0 Å². The van der Waals surface area contributed by atoms with Gasteiger partial charge in [0.1, 0.15) is 0 Å². The van der Waals surface area contributed by atoms with Gasteiger partial charge in [-0.05, 0) is 25.7 Å². The van der Waals surface area contributed by atoms with Crippen molar-refractivity contribution in [3.05, 3.63) is 22.0 Å². The molecule has 15 heavy (non-hydrogen) atoms. The van der Waals surface area contributed by atoms with Crippen molar-refractivity contribution in [1.29, 1.82) is 0 Å². The fourth-order valence-corrected chi connectivity index (χ4v) is 3.00. The van der Waals surface area contributed by atoms with Crippen molar-refractivity contribution in [2.75, 3.05) is 0 Å². The molecule has 0 aromatic rings. The highest BCUT2D eigenvalue weighted by Gasteiger charge is 2.05. The van der Waals surface area contributed by atoms with E-state index in [9.17, 15) is 8.42 Å². The lowest BCUT2D eigenvalue weighted by Crippen LogP contribution is -1.94. The van der Waals surface area contributed by atoms with Crippen LogP contribution in [0.1, 0.15) is 53.4 Å². The van der Waals surface area contributed by atoms with Crippen LogP contribution in [0.5, 0.6) is 0 Å². The minimum absolute atomic E-state index is 0.803. The van der Waals surface area contributed by atoms with Crippen LogP contribution >= 0.6 is 0 Å². The Morgan fingerprint density at radius 2 is 1.07 bits per heavy atom. The van der Waals surface area contributed by atoms with Crippen LogP contribution < -0.4 is 0 Å². The molecule has 0 N–H and O–H groups in total. The molecule has 88 valence electrons. The number of hydrogen-bond acceptors (Lipinski definition) is 2. The third kappa shape index (κ3) is 5.78. The minimum Gasteiger partial charge on any atom is -0.220 e. The molecule has 0 aliphatic carbocycles. The first-order valence-electron chi connectivity index (χ1n) is 5.62. The molecular formula is C12H22O2S. The second kappa shape index (κ2) is 6.83. The van der Waals surface area contributed by atoms with Gasteiger partial charge in [0.25, 0.3) is 0 Å². The third-order valence-electron chi connectivity index (χ3n) is 2.48. The highest BCUT2D eigenvalue weighted by molar-refractivity contribution is 7.97. The van der Waals surface area contributed by atoms with E-state index < -0.39 is 9.84 Å². The summed E-state index contributed by atoms with van der Waals surface area (Å²) in [5.41, 5.74) is 1.97. The maximum absolute atomic E-state index is 11.7. The average molecular weight is 230 g/mol.